The Morgan fingerprint density at radius 2 is 2.00 bits per heavy atom. The van der Waals surface area contributed by atoms with E-state index >= 15 is 0 Å². The Hall–Kier alpha value is -0.760. The maximum Gasteiger partial charge on any atom is 0.305 e. The van der Waals surface area contributed by atoms with Crippen molar-refractivity contribution in [3.63, 3.8) is 0 Å². The number of carbonyl (C=O) groups is 1. The second-order valence-corrected chi connectivity index (χ2v) is 5.36. The van der Waals surface area contributed by atoms with Gasteiger partial charge in [0.05, 0.1) is 19.4 Å². The summed E-state index contributed by atoms with van der Waals surface area (Å²) in [5.41, 5.74) is 0. The summed E-state index contributed by atoms with van der Waals surface area (Å²) >= 11 is 0. The molecule has 0 unspecified atom stereocenters. The molecule has 0 heterocycles. The van der Waals surface area contributed by atoms with Crippen LogP contribution in [-0.2, 0) is 19.6 Å². The maximum atomic E-state index is 11.9. The molecular formula is C8H15F2NO4S. The van der Waals surface area contributed by atoms with Gasteiger partial charge in [-0.1, -0.05) is 0 Å². The van der Waals surface area contributed by atoms with E-state index in [4.69, 9.17) is 0 Å². The van der Waals surface area contributed by atoms with Crippen molar-refractivity contribution >= 4 is 16.0 Å². The standard InChI is InChI=1S/C8H15F2NO4S/c1-11(6-7(9)10)16(13,14)5-3-4-8(12)15-2/h7H,3-6H2,1-2H3. The number of alkyl halides is 2. The first kappa shape index (κ1) is 15.2. The number of methoxy groups -OCH3 is 1. The minimum atomic E-state index is -3.71. The number of nitrogens with zero attached hydrogens (tertiary/aromatic N) is 1. The van der Waals surface area contributed by atoms with Crippen molar-refractivity contribution in [1.82, 2.24) is 4.31 Å². The van der Waals surface area contributed by atoms with Crippen molar-refractivity contribution in [3.05, 3.63) is 0 Å². The number of sulfonamides is 1. The Balaban J connectivity index is 4.10. The Kier molecular flexibility index (Phi) is 6.42. The summed E-state index contributed by atoms with van der Waals surface area (Å²) in [5.74, 6) is -0.864. The van der Waals surface area contributed by atoms with E-state index in [2.05, 4.69) is 4.74 Å². The van der Waals surface area contributed by atoms with Crippen LogP contribution < -0.4 is 0 Å². The fourth-order valence-electron chi connectivity index (χ4n) is 0.965. The van der Waals surface area contributed by atoms with Crippen LogP contribution in [0.4, 0.5) is 8.78 Å². The van der Waals surface area contributed by atoms with Crippen LogP contribution in [0.5, 0.6) is 0 Å². The predicted molar refractivity (Wildman–Crippen MR) is 53.7 cm³/mol. The van der Waals surface area contributed by atoms with Gasteiger partial charge in [0, 0.05) is 13.5 Å². The fourth-order valence-corrected chi connectivity index (χ4v) is 2.13. The van der Waals surface area contributed by atoms with E-state index in [0.29, 0.717) is 4.31 Å². The predicted octanol–water partition coefficient (Wildman–Crippen LogP) is 0.466. The van der Waals surface area contributed by atoms with Crippen LogP contribution in [0.25, 0.3) is 0 Å². The highest BCUT2D eigenvalue weighted by Crippen LogP contribution is 2.06. The van der Waals surface area contributed by atoms with Gasteiger partial charge in [0.15, 0.2) is 0 Å². The molecule has 0 saturated carbocycles. The normalized spacial score (nSPS) is 12.1. The molecule has 0 aliphatic rings. The minimum Gasteiger partial charge on any atom is -0.469 e. The highest BCUT2D eigenvalue weighted by Gasteiger charge is 2.21. The topological polar surface area (TPSA) is 63.7 Å². The number of halogens is 2. The molecule has 0 fully saturated rings. The molecule has 0 bridgehead atoms. The molecule has 0 aliphatic carbocycles. The van der Waals surface area contributed by atoms with Crippen LogP contribution in [0.1, 0.15) is 12.8 Å². The Labute approximate surface area is 93.4 Å². The molecule has 8 heteroatoms. The molecular weight excluding hydrogens is 244 g/mol. The number of hydrogen-bond acceptors (Lipinski definition) is 4. The molecule has 0 aromatic heterocycles. The SMILES string of the molecule is COC(=O)CCCS(=O)(=O)N(C)CC(F)F. The van der Waals surface area contributed by atoms with Gasteiger partial charge in [0.1, 0.15) is 0 Å². The summed E-state index contributed by atoms with van der Waals surface area (Å²) in [6, 6.07) is 0. The van der Waals surface area contributed by atoms with Crippen LogP contribution >= 0.6 is 0 Å². The first-order valence-electron chi connectivity index (χ1n) is 4.58. The van der Waals surface area contributed by atoms with Crippen molar-refractivity contribution in [3.8, 4) is 0 Å². The highest BCUT2D eigenvalue weighted by atomic mass is 32.2. The molecule has 0 N–H and O–H groups in total. The van der Waals surface area contributed by atoms with Gasteiger partial charge in [0.2, 0.25) is 10.0 Å². The molecule has 0 saturated heterocycles. The molecule has 5 nitrogen and oxygen atoms in total. The summed E-state index contributed by atoms with van der Waals surface area (Å²) < 4.78 is 51.5. The van der Waals surface area contributed by atoms with Gasteiger partial charge in [-0.15, -0.1) is 0 Å². The van der Waals surface area contributed by atoms with E-state index in [9.17, 15) is 22.0 Å². The van der Waals surface area contributed by atoms with E-state index in [1.54, 1.807) is 0 Å². The zero-order valence-electron chi connectivity index (χ0n) is 9.15. The first-order valence-corrected chi connectivity index (χ1v) is 6.19. The lowest BCUT2D eigenvalue weighted by molar-refractivity contribution is -0.140. The number of hydrogen-bond donors (Lipinski definition) is 0. The van der Waals surface area contributed by atoms with Gasteiger partial charge in [-0.25, -0.2) is 17.2 Å². The molecule has 0 aromatic carbocycles. The van der Waals surface area contributed by atoms with Crippen molar-refractivity contribution < 1.29 is 26.7 Å². The second-order valence-electron chi connectivity index (χ2n) is 3.17. The zero-order chi connectivity index (χ0) is 12.8. The monoisotopic (exact) mass is 259 g/mol. The van der Waals surface area contributed by atoms with Crippen molar-refractivity contribution in [2.45, 2.75) is 19.3 Å². The summed E-state index contributed by atoms with van der Waals surface area (Å²) in [5, 5.41) is 0. The Bertz CT molecular complexity index is 318. The van der Waals surface area contributed by atoms with Crippen molar-refractivity contribution in [1.29, 1.82) is 0 Å². The molecule has 0 rings (SSSR count). The third-order valence-corrected chi connectivity index (χ3v) is 3.78. The van der Waals surface area contributed by atoms with Gasteiger partial charge in [-0.2, -0.15) is 4.31 Å². The lowest BCUT2D eigenvalue weighted by atomic mass is 10.3. The van der Waals surface area contributed by atoms with Gasteiger partial charge < -0.3 is 4.74 Å². The largest absolute Gasteiger partial charge is 0.469 e. The van der Waals surface area contributed by atoms with Crippen molar-refractivity contribution in [2.75, 3.05) is 26.5 Å². The van der Waals surface area contributed by atoms with Crippen LogP contribution in [0.2, 0.25) is 0 Å². The van der Waals surface area contributed by atoms with Crippen LogP contribution in [0.3, 0.4) is 0 Å². The van der Waals surface area contributed by atoms with Crippen LogP contribution in [0, 0.1) is 0 Å². The molecule has 0 radical (unpaired) electrons. The summed E-state index contributed by atoms with van der Waals surface area (Å²) in [6.45, 7) is -0.833. The van der Waals surface area contributed by atoms with Gasteiger partial charge in [-0.05, 0) is 6.42 Å². The summed E-state index contributed by atoms with van der Waals surface area (Å²) in [7, 11) is -1.44. The summed E-state index contributed by atoms with van der Waals surface area (Å²) in [6.07, 6.45) is -2.69. The van der Waals surface area contributed by atoms with E-state index in [1.165, 1.54) is 7.11 Å². The van der Waals surface area contributed by atoms with Gasteiger partial charge in [-0.3, -0.25) is 4.79 Å². The fraction of sp³-hybridized carbons (Fsp3) is 0.875. The molecule has 0 atom stereocenters. The van der Waals surface area contributed by atoms with Gasteiger partial charge in [0.25, 0.3) is 6.43 Å². The third kappa shape index (κ3) is 5.96. The first-order chi connectivity index (χ1) is 7.29. The zero-order valence-corrected chi connectivity index (χ0v) is 9.97. The van der Waals surface area contributed by atoms with E-state index in [-0.39, 0.29) is 18.6 Å². The van der Waals surface area contributed by atoms with E-state index < -0.39 is 29.0 Å². The average Bonchev–Trinajstić information content (AvgIpc) is 2.16. The smallest absolute Gasteiger partial charge is 0.305 e. The van der Waals surface area contributed by atoms with Crippen LogP contribution in [0.15, 0.2) is 0 Å². The van der Waals surface area contributed by atoms with Crippen LogP contribution in [-0.4, -0.2) is 51.6 Å². The molecule has 0 spiro atoms. The summed E-state index contributed by atoms with van der Waals surface area (Å²) in [4.78, 5) is 10.7. The lowest BCUT2D eigenvalue weighted by Gasteiger charge is -2.16. The Morgan fingerprint density at radius 3 is 2.44 bits per heavy atom. The average molecular weight is 259 g/mol. The number of rotatable bonds is 7. The molecule has 0 aromatic rings. The third-order valence-electron chi connectivity index (χ3n) is 1.88. The number of ether oxygens (including phenoxy) is 1. The molecule has 96 valence electrons. The van der Waals surface area contributed by atoms with E-state index in [0.717, 1.165) is 7.05 Å². The lowest BCUT2D eigenvalue weighted by Crippen LogP contribution is -2.33. The highest BCUT2D eigenvalue weighted by molar-refractivity contribution is 7.89. The molecule has 16 heavy (non-hydrogen) atoms. The van der Waals surface area contributed by atoms with E-state index in [1.807, 2.05) is 0 Å². The number of carbonyl (C=O) groups excluding carboxylic acids is 1. The Morgan fingerprint density at radius 1 is 1.44 bits per heavy atom. The quantitative estimate of drug-likeness (QED) is 0.623. The molecule has 0 aliphatic heterocycles. The minimum absolute atomic E-state index is 0.0434. The maximum absolute atomic E-state index is 11.9. The van der Waals surface area contributed by atoms with Gasteiger partial charge >= 0.3 is 5.97 Å². The van der Waals surface area contributed by atoms with Crippen molar-refractivity contribution in [2.24, 2.45) is 0 Å². The molecule has 0 amide bonds. The second kappa shape index (κ2) is 6.74. The number of esters is 1.